The largest absolute Gasteiger partial charge is 0.203 e. The van der Waals surface area contributed by atoms with E-state index in [9.17, 15) is 8.78 Å². The predicted molar refractivity (Wildman–Crippen MR) is 101 cm³/mol. The van der Waals surface area contributed by atoms with Gasteiger partial charge in [-0.3, -0.25) is 0 Å². The van der Waals surface area contributed by atoms with Crippen LogP contribution in [0.15, 0.2) is 61.2 Å². The second-order valence-corrected chi connectivity index (χ2v) is 6.90. The molecule has 130 valence electrons. The molecule has 2 heteroatoms. The molecule has 0 nitrogen and oxygen atoms in total. The summed E-state index contributed by atoms with van der Waals surface area (Å²) in [4.78, 5) is 0. The summed E-state index contributed by atoms with van der Waals surface area (Å²) in [6.45, 7) is 5.85. The van der Waals surface area contributed by atoms with Gasteiger partial charge in [-0.2, -0.15) is 0 Å². The maximum Gasteiger partial charge on any atom is 0.166 e. The number of hydrogen-bond acceptors (Lipinski definition) is 0. The SMILES string of the molecule is C=CCCc1ccc(-c2ccc(C3C=CC(C)CC3)cc2)c(F)c1F. The highest BCUT2D eigenvalue weighted by atomic mass is 19.2. The van der Waals surface area contributed by atoms with Gasteiger partial charge in [-0.15, -0.1) is 6.58 Å². The van der Waals surface area contributed by atoms with Crippen molar-refractivity contribution >= 4 is 0 Å². The zero-order valence-electron chi connectivity index (χ0n) is 14.6. The third kappa shape index (κ3) is 3.89. The average Bonchev–Trinajstić information content (AvgIpc) is 2.64. The van der Waals surface area contributed by atoms with Gasteiger partial charge in [0, 0.05) is 11.5 Å². The highest BCUT2D eigenvalue weighted by Gasteiger charge is 2.17. The van der Waals surface area contributed by atoms with Crippen LogP contribution in [-0.2, 0) is 6.42 Å². The Morgan fingerprint density at radius 3 is 2.40 bits per heavy atom. The minimum atomic E-state index is -0.763. The number of aryl methyl sites for hydroxylation is 1. The third-order valence-corrected chi connectivity index (χ3v) is 5.03. The summed E-state index contributed by atoms with van der Waals surface area (Å²) in [5.74, 6) is -0.436. The molecule has 0 aromatic heterocycles. The van der Waals surface area contributed by atoms with Crippen LogP contribution in [0.25, 0.3) is 11.1 Å². The van der Waals surface area contributed by atoms with E-state index in [4.69, 9.17) is 0 Å². The van der Waals surface area contributed by atoms with Crippen LogP contribution in [0.5, 0.6) is 0 Å². The molecule has 0 amide bonds. The standard InChI is InChI=1S/C23H24F2/c1-3-4-5-20-14-15-21(23(25)22(20)24)19-12-10-18(11-13-19)17-8-6-16(2)7-9-17/h3,6,8,10-17H,1,4-5,7,9H2,2H3. The fourth-order valence-electron chi connectivity index (χ4n) is 3.41. The van der Waals surface area contributed by atoms with Gasteiger partial charge in [0.15, 0.2) is 11.6 Å². The van der Waals surface area contributed by atoms with Crippen molar-refractivity contribution in [2.24, 2.45) is 5.92 Å². The molecule has 0 N–H and O–H groups in total. The Hall–Kier alpha value is -2.22. The summed E-state index contributed by atoms with van der Waals surface area (Å²) >= 11 is 0. The Kier molecular flexibility index (Phi) is 5.47. The molecule has 0 saturated carbocycles. The van der Waals surface area contributed by atoms with Gasteiger partial charge >= 0.3 is 0 Å². The highest BCUT2D eigenvalue weighted by molar-refractivity contribution is 5.65. The lowest BCUT2D eigenvalue weighted by atomic mass is 9.85. The third-order valence-electron chi connectivity index (χ3n) is 5.03. The van der Waals surface area contributed by atoms with E-state index >= 15 is 0 Å². The minimum Gasteiger partial charge on any atom is -0.203 e. The Morgan fingerprint density at radius 2 is 1.76 bits per heavy atom. The monoisotopic (exact) mass is 338 g/mol. The Labute approximate surface area is 148 Å². The van der Waals surface area contributed by atoms with Crippen LogP contribution in [0.2, 0.25) is 0 Å². The number of rotatable bonds is 5. The van der Waals surface area contributed by atoms with Crippen LogP contribution in [0.1, 0.15) is 43.2 Å². The second-order valence-electron chi connectivity index (χ2n) is 6.90. The minimum absolute atomic E-state index is 0.319. The predicted octanol–water partition coefficient (Wildman–Crippen LogP) is 6.82. The Morgan fingerprint density at radius 1 is 1.00 bits per heavy atom. The van der Waals surface area contributed by atoms with Gasteiger partial charge in [-0.25, -0.2) is 8.78 Å². The molecule has 2 atom stereocenters. The van der Waals surface area contributed by atoms with Crippen molar-refractivity contribution < 1.29 is 8.78 Å². The molecule has 0 spiro atoms. The molecular formula is C23H24F2. The average molecular weight is 338 g/mol. The van der Waals surface area contributed by atoms with E-state index in [2.05, 4.69) is 25.7 Å². The van der Waals surface area contributed by atoms with E-state index in [-0.39, 0.29) is 0 Å². The zero-order chi connectivity index (χ0) is 17.8. The number of benzene rings is 2. The molecule has 2 unspecified atom stereocenters. The molecule has 2 aromatic rings. The van der Waals surface area contributed by atoms with Crippen molar-refractivity contribution in [3.05, 3.63) is 84.0 Å². The van der Waals surface area contributed by atoms with Gasteiger partial charge in [-0.1, -0.05) is 61.5 Å². The summed E-state index contributed by atoms with van der Waals surface area (Å²) in [5, 5.41) is 0. The van der Waals surface area contributed by atoms with Crippen molar-refractivity contribution in [3.63, 3.8) is 0 Å². The molecule has 0 radical (unpaired) electrons. The summed E-state index contributed by atoms with van der Waals surface area (Å²) < 4.78 is 28.7. The smallest absolute Gasteiger partial charge is 0.166 e. The van der Waals surface area contributed by atoms with Crippen molar-refractivity contribution in [2.45, 2.75) is 38.5 Å². The molecule has 0 fully saturated rings. The van der Waals surface area contributed by atoms with Gasteiger partial charge in [-0.05, 0) is 48.3 Å². The molecule has 2 aromatic carbocycles. The fourth-order valence-corrected chi connectivity index (χ4v) is 3.41. The van der Waals surface area contributed by atoms with Crippen molar-refractivity contribution in [1.82, 2.24) is 0 Å². The highest BCUT2D eigenvalue weighted by Crippen LogP contribution is 2.32. The first-order valence-electron chi connectivity index (χ1n) is 8.96. The first kappa shape index (κ1) is 17.6. The molecule has 1 aliphatic rings. The molecule has 25 heavy (non-hydrogen) atoms. The van der Waals surface area contributed by atoms with Gasteiger partial charge in [0.1, 0.15) is 0 Å². The van der Waals surface area contributed by atoms with Crippen LogP contribution in [0.4, 0.5) is 8.78 Å². The second kappa shape index (κ2) is 7.77. The number of allylic oxidation sites excluding steroid dienone is 3. The van der Waals surface area contributed by atoms with Gasteiger partial charge in [0.05, 0.1) is 0 Å². The molecule has 1 aliphatic carbocycles. The van der Waals surface area contributed by atoms with Gasteiger partial charge in [0.2, 0.25) is 0 Å². The lowest BCUT2D eigenvalue weighted by Crippen LogP contribution is -2.04. The molecule has 3 rings (SSSR count). The summed E-state index contributed by atoms with van der Waals surface area (Å²) in [6.07, 6.45) is 9.67. The van der Waals surface area contributed by atoms with E-state index in [1.54, 1.807) is 18.2 Å². The number of halogens is 2. The van der Waals surface area contributed by atoms with Crippen LogP contribution in [-0.4, -0.2) is 0 Å². The van der Waals surface area contributed by atoms with E-state index < -0.39 is 11.6 Å². The van der Waals surface area contributed by atoms with E-state index in [1.165, 1.54) is 12.0 Å². The molecule has 0 heterocycles. The van der Waals surface area contributed by atoms with Crippen LogP contribution < -0.4 is 0 Å². The zero-order valence-corrected chi connectivity index (χ0v) is 14.6. The summed E-state index contributed by atoms with van der Waals surface area (Å²) in [6, 6.07) is 11.2. The van der Waals surface area contributed by atoms with E-state index in [0.717, 1.165) is 6.42 Å². The lowest BCUT2D eigenvalue weighted by Gasteiger charge is -2.20. The Bertz CT molecular complexity index is 771. The topological polar surface area (TPSA) is 0 Å². The summed E-state index contributed by atoms with van der Waals surface area (Å²) in [7, 11) is 0. The maximum absolute atomic E-state index is 14.5. The maximum atomic E-state index is 14.5. The molecule has 0 aliphatic heterocycles. The molecule has 0 saturated heterocycles. The van der Waals surface area contributed by atoms with E-state index in [1.807, 2.05) is 24.3 Å². The number of hydrogen-bond donors (Lipinski definition) is 0. The van der Waals surface area contributed by atoms with Crippen molar-refractivity contribution in [2.75, 3.05) is 0 Å². The normalized spacial score (nSPS) is 19.8. The molecule has 0 bridgehead atoms. The van der Waals surface area contributed by atoms with Gasteiger partial charge < -0.3 is 0 Å². The Balaban J connectivity index is 1.84. The van der Waals surface area contributed by atoms with Crippen LogP contribution in [0.3, 0.4) is 0 Å². The first-order valence-corrected chi connectivity index (χ1v) is 8.96. The lowest BCUT2D eigenvalue weighted by molar-refractivity contribution is 0.501. The van der Waals surface area contributed by atoms with Crippen LogP contribution >= 0.6 is 0 Å². The van der Waals surface area contributed by atoms with Crippen molar-refractivity contribution in [1.29, 1.82) is 0 Å². The molecular weight excluding hydrogens is 314 g/mol. The first-order chi connectivity index (χ1) is 12.1. The quantitative estimate of drug-likeness (QED) is 0.525. The summed E-state index contributed by atoms with van der Waals surface area (Å²) in [5.41, 5.74) is 2.66. The van der Waals surface area contributed by atoms with E-state index in [0.29, 0.717) is 41.4 Å². The van der Waals surface area contributed by atoms with Crippen molar-refractivity contribution in [3.8, 4) is 11.1 Å². The van der Waals surface area contributed by atoms with Gasteiger partial charge in [0.25, 0.3) is 0 Å². The fraction of sp³-hybridized carbons (Fsp3) is 0.304. The van der Waals surface area contributed by atoms with Crippen LogP contribution in [0, 0.1) is 17.6 Å².